The predicted molar refractivity (Wildman–Crippen MR) is 64.2 cm³/mol. The Morgan fingerprint density at radius 1 is 1.50 bits per heavy atom. The summed E-state index contributed by atoms with van der Waals surface area (Å²) in [6.45, 7) is -0.119. The van der Waals surface area contributed by atoms with E-state index >= 15 is 0 Å². The molecule has 0 saturated heterocycles. The summed E-state index contributed by atoms with van der Waals surface area (Å²) in [5.41, 5.74) is 0.505. The van der Waals surface area contributed by atoms with Gasteiger partial charge >= 0.3 is 5.63 Å². The largest absolute Gasteiger partial charge is 0.497 e. The Kier molecular flexibility index (Phi) is 2.48. The third-order valence-corrected chi connectivity index (χ3v) is 3.08. The van der Waals surface area contributed by atoms with Crippen LogP contribution in [0, 0.1) is 0 Å². The van der Waals surface area contributed by atoms with Gasteiger partial charge in [-0.1, -0.05) is 0 Å². The van der Waals surface area contributed by atoms with Crippen LogP contribution >= 0.6 is 0 Å². The summed E-state index contributed by atoms with van der Waals surface area (Å²) in [5.74, 6) is 1.13. The van der Waals surface area contributed by atoms with E-state index in [1.165, 1.54) is 0 Å². The molecule has 0 amide bonds. The molecule has 1 aliphatic heterocycles. The van der Waals surface area contributed by atoms with E-state index in [4.69, 9.17) is 19.0 Å². The van der Waals surface area contributed by atoms with Crippen LogP contribution in [0.4, 0.5) is 0 Å². The minimum absolute atomic E-state index is 0.119. The lowest BCUT2D eigenvalue weighted by Crippen LogP contribution is -2.18. The van der Waals surface area contributed by atoms with Crippen molar-refractivity contribution in [2.75, 3.05) is 13.7 Å². The van der Waals surface area contributed by atoms with E-state index in [0.29, 0.717) is 29.1 Å². The molecule has 3 rings (SSSR count). The third-order valence-electron chi connectivity index (χ3n) is 3.08. The zero-order valence-electron chi connectivity index (χ0n) is 9.80. The molecule has 2 aromatic rings. The monoisotopic (exact) mass is 248 g/mol. The second kappa shape index (κ2) is 4.03. The van der Waals surface area contributed by atoms with Crippen LogP contribution in [0.2, 0.25) is 0 Å². The fourth-order valence-electron chi connectivity index (χ4n) is 2.17. The minimum atomic E-state index is -0.415. The summed E-state index contributed by atoms with van der Waals surface area (Å²) >= 11 is 0. The van der Waals surface area contributed by atoms with Gasteiger partial charge in [-0.25, -0.2) is 4.79 Å². The van der Waals surface area contributed by atoms with Gasteiger partial charge in [0.05, 0.1) is 24.7 Å². The highest BCUT2D eigenvalue weighted by Gasteiger charge is 2.28. The van der Waals surface area contributed by atoms with Crippen LogP contribution in [0.1, 0.15) is 5.56 Å². The van der Waals surface area contributed by atoms with Crippen LogP contribution in [0.3, 0.4) is 0 Å². The fourth-order valence-corrected chi connectivity index (χ4v) is 2.17. The Labute approximate surface area is 103 Å². The van der Waals surface area contributed by atoms with Crippen molar-refractivity contribution in [2.45, 2.75) is 12.5 Å². The SMILES string of the molecule is COc1ccc2c3c(c(=O)oc2c1)CC(CO)O3. The van der Waals surface area contributed by atoms with E-state index in [-0.39, 0.29) is 12.7 Å². The zero-order chi connectivity index (χ0) is 12.7. The molecule has 5 nitrogen and oxygen atoms in total. The quantitative estimate of drug-likeness (QED) is 0.806. The molecule has 0 bridgehead atoms. The maximum absolute atomic E-state index is 11.8. The smallest absolute Gasteiger partial charge is 0.343 e. The molecular weight excluding hydrogens is 236 g/mol. The second-order valence-electron chi connectivity index (χ2n) is 4.19. The van der Waals surface area contributed by atoms with E-state index in [1.807, 2.05) is 0 Å². The summed E-state index contributed by atoms with van der Waals surface area (Å²) in [7, 11) is 1.55. The van der Waals surface area contributed by atoms with Gasteiger partial charge in [0.15, 0.2) is 0 Å². The first-order valence-electron chi connectivity index (χ1n) is 5.64. The fraction of sp³-hybridized carbons (Fsp3) is 0.308. The second-order valence-corrected chi connectivity index (χ2v) is 4.19. The summed E-state index contributed by atoms with van der Waals surface area (Å²) in [5, 5.41) is 9.83. The molecule has 0 radical (unpaired) electrons. The standard InChI is InChI=1S/C13H12O5/c1-16-7-2-3-9-11(5-7)18-13(15)10-4-8(6-14)17-12(9)10/h2-3,5,8,14H,4,6H2,1H3. The van der Waals surface area contributed by atoms with Gasteiger partial charge in [0.25, 0.3) is 0 Å². The average molecular weight is 248 g/mol. The lowest BCUT2D eigenvalue weighted by molar-refractivity contribution is 0.136. The first-order chi connectivity index (χ1) is 8.72. The summed E-state index contributed by atoms with van der Waals surface area (Å²) in [6, 6.07) is 5.21. The number of aliphatic hydroxyl groups is 1. The van der Waals surface area contributed by atoms with Gasteiger partial charge < -0.3 is 19.0 Å². The number of hydrogen-bond acceptors (Lipinski definition) is 5. The van der Waals surface area contributed by atoms with Crippen LogP contribution in [0.5, 0.6) is 11.5 Å². The molecule has 1 unspecified atom stereocenters. The molecule has 18 heavy (non-hydrogen) atoms. The van der Waals surface area contributed by atoms with Crippen LogP contribution in [0.15, 0.2) is 27.4 Å². The number of fused-ring (bicyclic) bond motifs is 3. The summed E-state index contributed by atoms with van der Waals surface area (Å²) in [6.07, 6.45) is 0.0199. The van der Waals surface area contributed by atoms with Crippen LogP contribution in [0.25, 0.3) is 11.0 Å². The van der Waals surface area contributed by atoms with Gasteiger partial charge in [-0.15, -0.1) is 0 Å². The molecule has 94 valence electrons. The Morgan fingerprint density at radius 3 is 3.06 bits per heavy atom. The van der Waals surface area contributed by atoms with Gasteiger partial charge in [-0.2, -0.15) is 0 Å². The molecule has 0 saturated carbocycles. The maximum atomic E-state index is 11.8. The van der Waals surface area contributed by atoms with Gasteiger partial charge in [0.2, 0.25) is 0 Å². The van der Waals surface area contributed by atoms with Crippen molar-refractivity contribution in [3.8, 4) is 11.5 Å². The van der Waals surface area contributed by atoms with Crippen molar-refractivity contribution >= 4 is 11.0 Å². The zero-order valence-corrected chi connectivity index (χ0v) is 9.80. The molecule has 1 atom stereocenters. The molecule has 1 aromatic heterocycles. The van der Waals surface area contributed by atoms with Crippen molar-refractivity contribution in [2.24, 2.45) is 0 Å². The number of ether oxygens (including phenoxy) is 2. The molecule has 5 heteroatoms. The maximum Gasteiger partial charge on any atom is 0.343 e. The first-order valence-corrected chi connectivity index (χ1v) is 5.64. The highest BCUT2D eigenvalue weighted by atomic mass is 16.5. The normalized spacial score (nSPS) is 17.6. The van der Waals surface area contributed by atoms with Gasteiger partial charge in [-0.05, 0) is 12.1 Å². The van der Waals surface area contributed by atoms with E-state index in [9.17, 15) is 4.79 Å². The molecule has 2 heterocycles. The highest BCUT2D eigenvalue weighted by Crippen LogP contribution is 2.35. The number of benzene rings is 1. The van der Waals surface area contributed by atoms with Gasteiger partial charge in [-0.3, -0.25) is 0 Å². The number of rotatable bonds is 2. The lowest BCUT2D eigenvalue weighted by Gasteiger charge is -2.08. The Hall–Kier alpha value is -2.01. The number of hydrogen-bond donors (Lipinski definition) is 1. The van der Waals surface area contributed by atoms with Crippen molar-refractivity contribution < 1.29 is 19.0 Å². The number of methoxy groups -OCH3 is 1. The average Bonchev–Trinajstić information content (AvgIpc) is 2.83. The molecule has 1 aliphatic rings. The van der Waals surface area contributed by atoms with Crippen LogP contribution < -0.4 is 15.1 Å². The summed E-state index contributed by atoms with van der Waals surface area (Å²) < 4.78 is 15.9. The van der Waals surface area contributed by atoms with Crippen LogP contribution in [-0.4, -0.2) is 24.9 Å². The van der Waals surface area contributed by atoms with Gasteiger partial charge in [0, 0.05) is 12.5 Å². The molecule has 1 N–H and O–H groups in total. The molecular formula is C13H12O5. The Morgan fingerprint density at radius 2 is 2.33 bits per heavy atom. The molecule has 0 aliphatic carbocycles. The molecule has 0 fully saturated rings. The van der Waals surface area contributed by atoms with E-state index < -0.39 is 5.63 Å². The van der Waals surface area contributed by atoms with E-state index in [0.717, 1.165) is 5.39 Å². The Balaban J connectivity index is 2.24. The third kappa shape index (κ3) is 1.55. The minimum Gasteiger partial charge on any atom is -0.497 e. The highest BCUT2D eigenvalue weighted by molar-refractivity contribution is 5.86. The van der Waals surface area contributed by atoms with Crippen molar-refractivity contribution in [3.63, 3.8) is 0 Å². The van der Waals surface area contributed by atoms with Crippen LogP contribution in [-0.2, 0) is 6.42 Å². The van der Waals surface area contributed by atoms with E-state index in [2.05, 4.69) is 0 Å². The van der Waals surface area contributed by atoms with Gasteiger partial charge in [0.1, 0.15) is 23.2 Å². The topological polar surface area (TPSA) is 68.9 Å². The lowest BCUT2D eigenvalue weighted by atomic mass is 10.1. The number of aliphatic hydroxyl groups excluding tert-OH is 1. The van der Waals surface area contributed by atoms with E-state index in [1.54, 1.807) is 25.3 Å². The van der Waals surface area contributed by atoms with Crippen molar-refractivity contribution in [1.29, 1.82) is 0 Å². The summed E-state index contributed by atoms with van der Waals surface area (Å²) in [4.78, 5) is 11.8. The molecule has 1 aromatic carbocycles. The molecule has 0 spiro atoms. The van der Waals surface area contributed by atoms with Crippen molar-refractivity contribution in [1.82, 2.24) is 0 Å². The van der Waals surface area contributed by atoms with Crippen molar-refractivity contribution in [3.05, 3.63) is 34.2 Å². The Bertz CT molecular complexity index is 658. The predicted octanol–water partition coefficient (Wildman–Crippen LogP) is 1.10. The first kappa shape index (κ1) is 11.1.